The van der Waals surface area contributed by atoms with Crippen LogP contribution in [-0.2, 0) is 9.53 Å². The van der Waals surface area contributed by atoms with Gasteiger partial charge in [-0.2, -0.15) is 0 Å². The first-order chi connectivity index (χ1) is 6.94. The second-order valence-corrected chi connectivity index (χ2v) is 6.02. The maximum absolute atomic E-state index is 11.7. The van der Waals surface area contributed by atoms with Crippen LogP contribution in [0.3, 0.4) is 0 Å². The fourth-order valence-corrected chi connectivity index (χ4v) is 3.37. The number of rotatable bonds is 1. The summed E-state index contributed by atoms with van der Waals surface area (Å²) in [5.41, 5.74) is 0. The number of thioether (sulfide) groups is 2. The summed E-state index contributed by atoms with van der Waals surface area (Å²) in [6, 6.07) is -0.449. The van der Waals surface area contributed by atoms with Gasteiger partial charge in [-0.1, -0.05) is 11.8 Å². The van der Waals surface area contributed by atoms with Gasteiger partial charge in [0.1, 0.15) is 6.04 Å². The third-order valence-corrected chi connectivity index (χ3v) is 4.26. The molecule has 1 aliphatic rings. The molecule has 0 aliphatic carbocycles. The van der Waals surface area contributed by atoms with Gasteiger partial charge in [0, 0.05) is 5.75 Å². The summed E-state index contributed by atoms with van der Waals surface area (Å²) in [4.78, 5) is 24.5. The van der Waals surface area contributed by atoms with Crippen LogP contribution in [0.2, 0.25) is 0 Å². The van der Waals surface area contributed by atoms with Gasteiger partial charge in [0.15, 0.2) is 0 Å². The molecule has 15 heavy (non-hydrogen) atoms. The quantitative estimate of drug-likeness (QED) is 0.663. The SMILES string of the molecule is COC(=O)C1CSC(C)(C)N1C(=O)SC. The Kier molecular flexibility index (Phi) is 3.94. The summed E-state index contributed by atoms with van der Waals surface area (Å²) in [6.07, 6.45) is 1.72. The van der Waals surface area contributed by atoms with E-state index in [2.05, 4.69) is 0 Å². The van der Waals surface area contributed by atoms with E-state index in [1.54, 1.807) is 22.9 Å². The molecule has 1 atom stereocenters. The van der Waals surface area contributed by atoms with Crippen LogP contribution >= 0.6 is 23.5 Å². The molecule has 1 fully saturated rings. The molecule has 1 aliphatic heterocycles. The summed E-state index contributed by atoms with van der Waals surface area (Å²) in [7, 11) is 1.35. The second kappa shape index (κ2) is 4.65. The highest BCUT2D eigenvalue weighted by Gasteiger charge is 2.46. The van der Waals surface area contributed by atoms with E-state index in [-0.39, 0.29) is 16.1 Å². The molecule has 1 unspecified atom stereocenters. The molecule has 0 N–H and O–H groups in total. The maximum Gasteiger partial charge on any atom is 0.329 e. The number of methoxy groups -OCH3 is 1. The fraction of sp³-hybridized carbons (Fsp3) is 0.778. The summed E-state index contributed by atoms with van der Waals surface area (Å²) in [5.74, 6) is 0.266. The molecule has 0 aromatic rings. The highest BCUT2D eigenvalue weighted by Crippen LogP contribution is 2.40. The summed E-state index contributed by atoms with van der Waals surface area (Å²) < 4.78 is 4.70. The number of amides is 1. The van der Waals surface area contributed by atoms with Crippen LogP contribution in [0.15, 0.2) is 0 Å². The zero-order valence-corrected chi connectivity index (χ0v) is 10.9. The van der Waals surface area contributed by atoms with Gasteiger partial charge < -0.3 is 9.64 Å². The largest absolute Gasteiger partial charge is 0.467 e. The van der Waals surface area contributed by atoms with Crippen molar-refractivity contribution in [1.82, 2.24) is 4.90 Å². The van der Waals surface area contributed by atoms with Crippen LogP contribution in [0.4, 0.5) is 4.79 Å². The minimum atomic E-state index is -0.449. The van der Waals surface area contributed by atoms with E-state index in [0.717, 1.165) is 11.8 Å². The molecule has 1 rings (SSSR count). The second-order valence-electron chi connectivity index (χ2n) is 3.64. The van der Waals surface area contributed by atoms with E-state index in [1.807, 2.05) is 13.8 Å². The fourth-order valence-electron chi connectivity index (χ4n) is 1.56. The van der Waals surface area contributed by atoms with Gasteiger partial charge in [-0.05, 0) is 20.1 Å². The molecule has 0 radical (unpaired) electrons. The Morgan fingerprint density at radius 2 is 2.13 bits per heavy atom. The first-order valence-corrected chi connectivity index (χ1v) is 6.74. The van der Waals surface area contributed by atoms with Crippen molar-refractivity contribution in [1.29, 1.82) is 0 Å². The highest BCUT2D eigenvalue weighted by atomic mass is 32.2. The standard InChI is InChI=1S/C9H15NO3S2/c1-9(2)10(8(12)14-4)6(5-15-9)7(11)13-3/h6H,5H2,1-4H3. The van der Waals surface area contributed by atoms with Gasteiger partial charge in [-0.25, -0.2) is 4.79 Å². The van der Waals surface area contributed by atoms with Gasteiger partial charge in [0.2, 0.25) is 0 Å². The number of hydrogen-bond acceptors (Lipinski definition) is 5. The predicted molar refractivity (Wildman–Crippen MR) is 63.1 cm³/mol. The molecule has 1 saturated heterocycles. The Balaban J connectivity index is 2.91. The monoisotopic (exact) mass is 249 g/mol. The number of nitrogens with zero attached hydrogens (tertiary/aromatic N) is 1. The third kappa shape index (κ3) is 2.42. The smallest absolute Gasteiger partial charge is 0.329 e. The van der Waals surface area contributed by atoms with Crippen LogP contribution in [0.25, 0.3) is 0 Å². The molecule has 0 aromatic heterocycles. The Hall–Kier alpha value is -0.360. The van der Waals surface area contributed by atoms with Crippen LogP contribution < -0.4 is 0 Å². The van der Waals surface area contributed by atoms with Gasteiger partial charge in [0.25, 0.3) is 5.24 Å². The first kappa shape index (κ1) is 12.7. The lowest BCUT2D eigenvalue weighted by atomic mass is 10.2. The molecular formula is C9H15NO3S2. The number of ether oxygens (including phenoxy) is 1. The van der Waals surface area contributed by atoms with E-state index >= 15 is 0 Å². The maximum atomic E-state index is 11.7. The number of esters is 1. The van der Waals surface area contributed by atoms with Crippen molar-refractivity contribution in [3.05, 3.63) is 0 Å². The minimum absolute atomic E-state index is 0.0830. The Labute approximate surface area is 98.1 Å². The van der Waals surface area contributed by atoms with E-state index in [4.69, 9.17) is 4.74 Å². The zero-order valence-electron chi connectivity index (χ0n) is 9.27. The van der Waals surface area contributed by atoms with Crippen molar-refractivity contribution in [2.75, 3.05) is 19.1 Å². The molecule has 1 heterocycles. The Morgan fingerprint density at radius 3 is 2.60 bits per heavy atom. The van der Waals surface area contributed by atoms with E-state index in [9.17, 15) is 9.59 Å². The molecule has 0 bridgehead atoms. The van der Waals surface area contributed by atoms with Crippen LogP contribution in [0.1, 0.15) is 13.8 Å². The summed E-state index contributed by atoms with van der Waals surface area (Å²) in [5, 5.41) is -0.0830. The number of carbonyl (C=O) groups is 2. The average Bonchev–Trinajstić information content (AvgIpc) is 2.52. The minimum Gasteiger partial charge on any atom is -0.467 e. The van der Waals surface area contributed by atoms with Gasteiger partial charge >= 0.3 is 5.97 Å². The molecular weight excluding hydrogens is 234 g/mol. The number of hydrogen-bond donors (Lipinski definition) is 0. The predicted octanol–water partition coefficient (Wildman–Crippen LogP) is 1.80. The molecule has 0 spiro atoms. The highest BCUT2D eigenvalue weighted by molar-refractivity contribution is 8.13. The molecule has 1 amide bonds. The average molecular weight is 249 g/mol. The lowest BCUT2D eigenvalue weighted by molar-refractivity contribution is -0.145. The topological polar surface area (TPSA) is 46.6 Å². The molecule has 4 nitrogen and oxygen atoms in total. The lowest BCUT2D eigenvalue weighted by Crippen LogP contribution is -2.48. The van der Waals surface area contributed by atoms with Crippen molar-refractivity contribution in [2.45, 2.75) is 24.8 Å². The molecule has 86 valence electrons. The summed E-state index contributed by atoms with van der Waals surface area (Å²) in [6.45, 7) is 3.88. The Bertz CT molecular complexity index is 281. The van der Waals surface area contributed by atoms with Crippen molar-refractivity contribution in [3.63, 3.8) is 0 Å². The summed E-state index contributed by atoms with van der Waals surface area (Å²) >= 11 is 2.72. The van der Waals surface area contributed by atoms with Crippen molar-refractivity contribution < 1.29 is 14.3 Å². The molecule has 0 saturated carbocycles. The van der Waals surface area contributed by atoms with Crippen molar-refractivity contribution in [3.8, 4) is 0 Å². The van der Waals surface area contributed by atoms with E-state index in [0.29, 0.717) is 5.75 Å². The van der Waals surface area contributed by atoms with Gasteiger partial charge in [0.05, 0.1) is 12.0 Å². The van der Waals surface area contributed by atoms with Crippen molar-refractivity contribution in [2.24, 2.45) is 0 Å². The zero-order chi connectivity index (χ0) is 11.6. The van der Waals surface area contributed by atoms with Crippen LogP contribution in [-0.4, -0.2) is 46.1 Å². The van der Waals surface area contributed by atoms with E-state index < -0.39 is 6.04 Å². The lowest BCUT2D eigenvalue weighted by Gasteiger charge is -2.32. The van der Waals surface area contributed by atoms with Gasteiger partial charge in [-0.15, -0.1) is 11.8 Å². The first-order valence-electron chi connectivity index (χ1n) is 4.53. The number of carbonyl (C=O) groups excluding carboxylic acids is 2. The van der Waals surface area contributed by atoms with Gasteiger partial charge in [-0.3, -0.25) is 4.79 Å². The normalized spacial score (nSPS) is 24.0. The van der Waals surface area contributed by atoms with Crippen molar-refractivity contribution >= 4 is 34.7 Å². The third-order valence-electron chi connectivity index (χ3n) is 2.33. The van der Waals surface area contributed by atoms with E-state index in [1.165, 1.54) is 7.11 Å². The molecule has 6 heteroatoms. The Morgan fingerprint density at radius 1 is 1.53 bits per heavy atom. The molecule has 0 aromatic carbocycles. The van der Waals surface area contributed by atoms with Crippen LogP contribution in [0.5, 0.6) is 0 Å². The van der Waals surface area contributed by atoms with Crippen LogP contribution in [0, 0.1) is 0 Å².